The van der Waals surface area contributed by atoms with Crippen molar-refractivity contribution in [2.75, 3.05) is 6.61 Å². The number of aliphatic hydroxyl groups is 1. The fourth-order valence-electron chi connectivity index (χ4n) is 0.726. The van der Waals surface area contributed by atoms with Gasteiger partial charge in [-0.2, -0.15) is 4.98 Å². The number of hydrogen-bond acceptors (Lipinski definition) is 5. The van der Waals surface area contributed by atoms with Crippen LogP contribution in [-0.4, -0.2) is 21.9 Å². The second kappa shape index (κ2) is 3.45. The molecule has 1 atom stereocenters. The van der Waals surface area contributed by atoms with Gasteiger partial charge in [-0.15, -0.1) is 0 Å². The summed E-state index contributed by atoms with van der Waals surface area (Å²) >= 11 is 0. The summed E-state index contributed by atoms with van der Waals surface area (Å²) in [6.07, 6.45) is 0.446. The van der Waals surface area contributed by atoms with Crippen molar-refractivity contribution in [1.29, 1.82) is 0 Å². The molecule has 0 saturated heterocycles. The Labute approximate surface area is 64.2 Å². The van der Waals surface area contributed by atoms with Gasteiger partial charge in [0.25, 0.3) is 0 Å². The molecule has 0 amide bonds. The van der Waals surface area contributed by atoms with Gasteiger partial charge in [-0.25, -0.2) is 0 Å². The van der Waals surface area contributed by atoms with Crippen LogP contribution in [0.15, 0.2) is 4.52 Å². The normalized spacial score (nSPS) is 13.4. The van der Waals surface area contributed by atoms with Crippen molar-refractivity contribution in [3.63, 3.8) is 0 Å². The molecule has 0 aromatic carbocycles. The minimum absolute atomic E-state index is 0.0304. The molecule has 0 aliphatic rings. The lowest BCUT2D eigenvalue weighted by Crippen LogP contribution is -2.12. The van der Waals surface area contributed by atoms with E-state index in [4.69, 9.17) is 15.4 Å². The van der Waals surface area contributed by atoms with E-state index in [2.05, 4.69) is 10.1 Å². The van der Waals surface area contributed by atoms with E-state index in [-0.39, 0.29) is 12.6 Å². The van der Waals surface area contributed by atoms with E-state index in [9.17, 15) is 0 Å². The van der Waals surface area contributed by atoms with Gasteiger partial charge < -0.3 is 15.4 Å². The molecular formula is C6H11N3O2. The lowest BCUT2D eigenvalue weighted by atomic mass is 10.2. The highest BCUT2D eigenvalue weighted by Gasteiger charge is 2.11. The van der Waals surface area contributed by atoms with Crippen molar-refractivity contribution < 1.29 is 9.63 Å². The number of aliphatic hydroxyl groups excluding tert-OH is 1. The van der Waals surface area contributed by atoms with Crippen molar-refractivity contribution >= 4 is 0 Å². The minimum atomic E-state index is -0.346. The molecule has 1 aromatic heterocycles. The van der Waals surface area contributed by atoms with Crippen molar-refractivity contribution in [2.24, 2.45) is 5.73 Å². The number of hydrogen-bond donors (Lipinski definition) is 2. The van der Waals surface area contributed by atoms with Gasteiger partial charge in [-0.1, -0.05) is 5.16 Å². The summed E-state index contributed by atoms with van der Waals surface area (Å²) in [6, 6.07) is -0.346. The third-order valence-electron chi connectivity index (χ3n) is 1.30. The lowest BCUT2D eigenvalue weighted by Gasteiger charge is -2.01. The van der Waals surface area contributed by atoms with Crippen LogP contribution in [0.5, 0.6) is 0 Å². The monoisotopic (exact) mass is 157 g/mol. The lowest BCUT2D eigenvalue weighted by molar-refractivity contribution is 0.259. The SMILES string of the molecule is Cc1noc(C(N)CCO)n1. The highest BCUT2D eigenvalue weighted by Crippen LogP contribution is 2.09. The molecule has 62 valence electrons. The largest absolute Gasteiger partial charge is 0.396 e. The van der Waals surface area contributed by atoms with E-state index in [1.54, 1.807) is 6.92 Å². The molecule has 0 radical (unpaired) electrons. The fraction of sp³-hybridized carbons (Fsp3) is 0.667. The van der Waals surface area contributed by atoms with Crippen molar-refractivity contribution in [3.05, 3.63) is 11.7 Å². The van der Waals surface area contributed by atoms with E-state index in [0.29, 0.717) is 18.1 Å². The van der Waals surface area contributed by atoms with Gasteiger partial charge in [0, 0.05) is 6.61 Å². The summed E-state index contributed by atoms with van der Waals surface area (Å²) < 4.78 is 4.78. The molecule has 1 unspecified atom stereocenters. The highest BCUT2D eigenvalue weighted by molar-refractivity contribution is 4.89. The van der Waals surface area contributed by atoms with Crippen molar-refractivity contribution in [1.82, 2.24) is 10.1 Å². The van der Waals surface area contributed by atoms with E-state index in [0.717, 1.165) is 0 Å². The number of nitrogens with two attached hydrogens (primary N) is 1. The first-order valence-corrected chi connectivity index (χ1v) is 3.40. The average molecular weight is 157 g/mol. The number of rotatable bonds is 3. The standard InChI is InChI=1S/C6H11N3O2/c1-4-8-6(11-9-4)5(7)2-3-10/h5,10H,2-3,7H2,1H3. The fourth-order valence-corrected chi connectivity index (χ4v) is 0.726. The summed E-state index contributed by atoms with van der Waals surface area (Å²) in [5.74, 6) is 0.949. The Balaban J connectivity index is 2.60. The zero-order valence-corrected chi connectivity index (χ0v) is 6.32. The molecule has 1 heterocycles. The molecule has 0 aliphatic carbocycles. The van der Waals surface area contributed by atoms with Crippen LogP contribution < -0.4 is 5.73 Å². The van der Waals surface area contributed by atoms with E-state index < -0.39 is 0 Å². The molecule has 0 spiro atoms. The molecule has 3 N–H and O–H groups in total. The average Bonchev–Trinajstić information content (AvgIpc) is 2.36. The Morgan fingerprint density at radius 2 is 2.45 bits per heavy atom. The summed E-state index contributed by atoms with van der Waals surface area (Å²) in [4.78, 5) is 3.92. The quantitative estimate of drug-likeness (QED) is 0.632. The van der Waals surface area contributed by atoms with Gasteiger partial charge >= 0.3 is 0 Å². The van der Waals surface area contributed by atoms with Crippen LogP contribution in [0.3, 0.4) is 0 Å². The van der Waals surface area contributed by atoms with E-state index in [1.165, 1.54) is 0 Å². The maximum atomic E-state index is 8.53. The van der Waals surface area contributed by atoms with Gasteiger partial charge in [-0.3, -0.25) is 0 Å². The van der Waals surface area contributed by atoms with Gasteiger partial charge in [0.15, 0.2) is 5.82 Å². The summed E-state index contributed by atoms with van der Waals surface area (Å²) in [6.45, 7) is 1.75. The molecular weight excluding hydrogens is 146 g/mol. The van der Waals surface area contributed by atoms with Gasteiger partial charge in [-0.05, 0) is 13.3 Å². The predicted octanol–water partition coefficient (Wildman–Crippen LogP) is -0.240. The smallest absolute Gasteiger partial charge is 0.243 e. The molecule has 1 rings (SSSR count). The van der Waals surface area contributed by atoms with Crippen LogP contribution in [0.4, 0.5) is 0 Å². The first-order chi connectivity index (χ1) is 5.24. The molecule has 5 nitrogen and oxygen atoms in total. The zero-order chi connectivity index (χ0) is 8.27. The van der Waals surface area contributed by atoms with Crippen LogP contribution in [0.2, 0.25) is 0 Å². The molecule has 0 bridgehead atoms. The first-order valence-electron chi connectivity index (χ1n) is 3.40. The predicted molar refractivity (Wildman–Crippen MR) is 37.7 cm³/mol. The highest BCUT2D eigenvalue weighted by atomic mass is 16.5. The molecule has 0 aliphatic heterocycles. The second-order valence-electron chi connectivity index (χ2n) is 2.30. The summed E-state index contributed by atoms with van der Waals surface area (Å²) in [5.41, 5.74) is 5.56. The number of aryl methyl sites for hydroxylation is 1. The topological polar surface area (TPSA) is 85.2 Å². The van der Waals surface area contributed by atoms with Crippen molar-refractivity contribution in [2.45, 2.75) is 19.4 Å². The molecule has 0 fully saturated rings. The first kappa shape index (κ1) is 8.16. The summed E-state index contributed by atoms with van der Waals surface area (Å²) in [7, 11) is 0. The Morgan fingerprint density at radius 1 is 1.73 bits per heavy atom. The maximum Gasteiger partial charge on any atom is 0.243 e. The Hall–Kier alpha value is -0.940. The van der Waals surface area contributed by atoms with Crippen LogP contribution in [0, 0.1) is 6.92 Å². The van der Waals surface area contributed by atoms with Gasteiger partial charge in [0.2, 0.25) is 5.89 Å². The summed E-state index contributed by atoms with van der Waals surface area (Å²) in [5, 5.41) is 12.1. The van der Waals surface area contributed by atoms with Crippen LogP contribution >= 0.6 is 0 Å². The third kappa shape index (κ3) is 1.99. The van der Waals surface area contributed by atoms with Crippen molar-refractivity contribution in [3.8, 4) is 0 Å². The Kier molecular flexibility index (Phi) is 2.56. The Morgan fingerprint density at radius 3 is 2.91 bits per heavy atom. The van der Waals surface area contributed by atoms with Crippen LogP contribution in [0.1, 0.15) is 24.2 Å². The van der Waals surface area contributed by atoms with Crippen LogP contribution in [0.25, 0.3) is 0 Å². The minimum Gasteiger partial charge on any atom is -0.396 e. The van der Waals surface area contributed by atoms with E-state index >= 15 is 0 Å². The second-order valence-corrected chi connectivity index (χ2v) is 2.30. The maximum absolute atomic E-state index is 8.53. The van der Waals surface area contributed by atoms with E-state index in [1.807, 2.05) is 0 Å². The van der Waals surface area contributed by atoms with Gasteiger partial charge in [0.1, 0.15) is 0 Å². The van der Waals surface area contributed by atoms with Crippen LogP contribution in [-0.2, 0) is 0 Å². The molecule has 11 heavy (non-hydrogen) atoms. The van der Waals surface area contributed by atoms with Gasteiger partial charge in [0.05, 0.1) is 6.04 Å². The molecule has 1 aromatic rings. The third-order valence-corrected chi connectivity index (χ3v) is 1.30. The zero-order valence-electron chi connectivity index (χ0n) is 6.32. The molecule has 5 heteroatoms. The number of nitrogens with zero attached hydrogens (tertiary/aromatic N) is 2. The number of aromatic nitrogens is 2. The Bertz CT molecular complexity index is 223. The molecule has 0 saturated carbocycles.